The number of H-pyrrole nitrogens is 1. The molecule has 0 unspecified atom stereocenters. The summed E-state index contributed by atoms with van der Waals surface area (Å²) in [5.41, 5.74) is 0.372. The van der Waals surface area contributed by atoms with Gasteiger partial charge in [0.1, 0.15) is 0 Å². The fraction of sp³-hybridized carbons (Fsp3) is 0.231. The van der Waals surface area contributed by atoms with Gasteiger partial charge in [0.15, 0.2) is 5.69 Å². The molecule has 0 fully saturated rings. The number of hydrogen-bond donors (Lipinski definition) is 2. The molecule has 0 aliphatic heterocycles. The highest BCUT2D eigenvalue weighted by Crippen LogP contribution is 2.30. The fourth-order valence-electron chi connectivity index (χ4n) is 1.91. The molecule has 1 aromatic heterocycles. The van der Waals surface area contributed by atoms with E-state index in [1.54, 1.807) is 6.92 Å². The van der Waals surface area contributed by atoms with Gasteiger partial charge in [-0.1, -0.05) is 18.2 Å². The Kier molecular flexibility index (Phi) is 3.52. The van der Waals surface area contributed by atoms with Crippen molar-refractivity contribution in [3.05, 3.63) is 52.3 Å². The molecule has 0 aliphatic carbocycles. The normalized spacial score (nSPS) is 11.6. The van der Waals surface area contributed by atoms with Crippen LogP contribution in [0.15, 0.2) is 24.3 Å². The maximum atomic E-state index is 12.6. The van der Waals surface area contributed by atoms with E-state index >= 15 is 0 Å². The molecule has 20 heavy (non-hydrogen) atoms. The first kappa shape index (κ1) is 14.1. The van der Waals surface area contributed by atoms with Crippen molar-refractivity contribution in [3.8, 4) is 0 Å². The molecule has 2 rings (SSSR count). The zero-order valence-corrected chi connectivity index (χ0v) is 10.5. The van der Waals surface area contributed by atoms with Crippen LogP contribution in [0.25, 0.3) is 0 Å². The smallest absolute Gasteiger partial charge is 0.416 e. The standard InChI is InChI=1S/C13H11F3N2O2/c1-7-10(11(12(19)20)18-17-7)6-8-3-2-4-9(5-8)13(14,15)16/h2-5H,6H2,1H3,(H,17,18)(H,19,20). The summed E-state index contributed by atoms with van der Waals surface area (Å²) in [6, 6.07) is 4.81. The van der Waals surface area contributed by atoms with Gasteiger partial charge in [0.2, 0.25) is 0 Å². The predicted molar refractivity (Wildman–Crippen MR) is 64.5 cm³/mol. The number of nitrogens with zero attached hydrogens (tertiary/aromatic N) is 1. The van der Waals surface area contributed by atoms with Crippen LogP contribution in [0.4, 0.5) is 13.2 Å². The summed E-state index contributed by atoms with van der Waals surface area (Å²) < 4.78 is 37.9. The van der Waals surface area contributed by atoms with Crippen molar-refractivity contribution in [1.29, 1.82) is 0 Å². The average Bonchev–Trinajstić information content (AvgIpc) is 2.70. The van der Waals surface area contributed by atoms with E-state index in [1.165, 1.54) is 12.1 Å². The van der Waals surface area contributed by atoms with Gasteiger partial charge in [-0.3, -0.25) is 5.10 Å². The van der Waals surface area contributed by atoms with Gasteiger partial charge in [-0.15, -0.1) is 0 Å². The molecule has 0 aliphatic rings. The monoisotopic (exact) mass is 284 g/mol. The van der Waals surface area contributed by atoms with Crippen LogP contribution < -0.4 is 0 Å². The minimum atomic E-state index is -4.42. The number of aryl methyl sites for hydroxylation is 1. The first-order valence-corrected chi connectivity index (χ1v) is 5.72. The lowest BCUT2D eigenvalue weighted by atomic mass is 10.0. The number of alkyl halides is 3. The zero-order valence-electron chi connectivity index (χ0n) is 10.5. The number of aromatic amines is 1. The fourth-order valence-corrected chi connectivity index (χ4v) is 1.91. The van der Waals surface area contributed by atoms with Gasteiger partial charge in [-0.2, -0.15) is 18.3 Å². The Morgan fingerprint density at radius 2 is 2.10 bits per heavy atom. The van der Waals surface area contributed by atoms with E-state index < -0.39 is 17.7 Å². The molecule has 0 saturated carbocycles. The van der Waals surface area contributed by atoms with Crippen molar-refractivity contribution >= 4 is 5.97 Å². The van der Waals surface area contributed by atoms with E-state index in [0.717, 1.165) is 12.1 Å². The minimum absolute atomic E-state index is 0.0773. The van der Waals surface area contributed by atoms with Gasteiger partial charge in [-0.25, -0.2) is 4.79 Å². The Hall–Kier alpha value is -2.31. The second-order valence-electron chi connectivity index (χ2n) is 4.36. The van der Waals surface area contributed by atoms with Gasteiger partial charge >= 0.3 is 12.1 Å². The van der Waals surface area contributed by atoms with E-state index in [2.05, 4.69) is 10.2 Å². The lowest BCUT2D eigenvalue weighted by molar-refractivity contribution is -0.137. The van der Waals surface area contributed by atoms with E-state index in [-0.39, 0.29) is 12.1 Å². The first-order valence-electron chi connectivity index (χ1n) is 5.72. The van der Waals surface area contributed by atoms with Crippen molar-refractivity contribution in [2.45, 2.75) is 19.5 Å². The number of benzene rings is 1. The number of aromatic nitrogens is 2. The molecule has 1 heterocycles. The number of rotatable bonds is 3. The highest BCUT2D eigenvalue weighted by atomic mass is 19.4. The number of aromatic carboxylic acids is 1. The van der Waals surface area contributed by atoms with E-state index in [9.17, 15) is 18.0 Å². The molecule has 1 aromatic carbocycles. The molecule has 2 aromatic rings. The van der Waals surface area contributed by atoms with Crippen molar-refractivity contribution in [3.63, 3.8) is 0 Å². The molecule has 7 heteroatoms. The van der Waals surface area contributed by atoms with Gasteiger partial charge in [0.25, 0.3) is 0 Å². The molecular weight excluding hydrogens is 273 g/mol. The summed E-state index contributed by atoms with van der Waals surface area (Å²) in [6.45, 7) is 1.63. The SMILES string of the molecule is Cc1[nH]nc(C(=O)O)c1Cc1cccc(C(F)(F)F)c1. The quantitative estimate of drug-likeness (QED) is 0.910. The van der Waals surface area contributed by atoms with Crippen LogP contribution in [0.2, 0.25) is 0 Å². The van der Waals surface area contributed by atoms with Crippen molar-refractivity contribution in [2.75, 3.05) is 0 Å². The predicted octanol–water partition coefficient (Wildman–Crippen LogP) is 3.03. The van der Waals surface area contributed by atoms with Gasteiger partial charge in [-0.05, 0) is 18.6 Å². The number of carbonyl (C=O) groups is 1. The number of halogens is 3. The number of nitrogens with one attached hydrogen (secondary N) is 1. The number of carboxylic acids is 1. The Labute approximate surface area is 112 Å². The molecule has 0 amide bonds. The van der Waals surface area contributed by atoms with Crippen LogP contribution in [0.5, 0.6) is 0 Å². The molecule has 4 nitrogen and oxygen atoms in total. The zero-order chi connectivity index (χ0) is 14.9. The van der Waals surface area contributed by atoms with Crippen LogP contribution in [0, 0.1) is 6.92 Å². The second-order valence-corrected chi connectivity index (χ2v) is 4.36. The Bertz CT molecular complexity index is 647. The minimum Gasteiger partial charge on any atom is -0.476 e. The molecule has 0 bridgehead atoms. The van der Waals surface area contributed by atoms with Gasteiger partial charge < -0.3 is 5.11 Å². The van der Waals surface area contributed by atoms with Crippen molar-refractivity contribution in [2.24, 2.45) is 0 Å². The Balaban J connectivity index is 2.36. The maximum absolute atomic E-state index is 12.6. The van der Waals surface area contributed by atoms with Crippen LogP contribution in [-0.4, -0.2) is 21.3 Å². The maximum Gasteiger partial charge on any atom is 0.416 e. The van der Waals surface area contributed by atoms with Crippen LogP contribution in [0.3, 0.4) is 0 Å². The Morgan fingerprint density at radius 3 is 2.70 bits per heavy atom. The van der Waals surface area contributed by atoms with Crippen LogP contribution in [0.1, 0.15) is 32.9 Å². The number of hydrogen-bond acceptors (Lipinski definition) is 2. The van der Waals surface area contributed by atoms with Crippen molar-refractivity contribution in [1.82, 2.24) is 10.2 Å². The summed E-state index contributed by atoms with van der Waals surface area (Å²) in [4.78, 5) is 11.0. The van der Waals surface area contributed by atoms with E-state index in [1.807, 2.05) is 0 Å². The summed E-state index contributed by atoms with van der Waals surface area (Å²) >= 11 is 0. The van der Waals surface area contributed by atoms with Gasteiger partial charge in [0, 0.05) is 17.7 Å². The summed E-state index contributed by atoms with van der Waals surface area (Å²) in [5, 5.41) is 15.1. The first-order chi connectivity index (χ1) is 9.29. The third-order valence-corrected chi connectivity index (χ3v) is 2.91. The van der Waals surface area contributed by atoms with E-state index in [4.69, 9.17) is 5.11 Å². The molecular formula is C13H11F3N2O2. The van der Waals surface area contributed by atoms with Gasteiger partial charge in [0.05, 0.1) is 5.56 Å². The second kappa shape index (κ2) is 4.99. The lowest BCUT2D eigenvalue weighted by Gasteiger charge is -2.08. The molecule has 0 spiro atoms. The largest absolute Gasteiger partial charge is 0.476 e. The highest BCUT2D eigenvalue weighted by Gasteiger charge is 2.30. The molecule has 106 valence electrons. The third kappa shape index (κ3) is 2.81. The lowest BCUT2D eigenvalue weighted by Crippen LogP contribution is -2.06. The Morgan fingerprint density at radius 1 is 1.40 bits per heavy atom. The summed E-state index contributed by atoms with van der Waals surface area (Å²) in [7, 11) is 0. The van der Waals surface area contributed by atoms with Crippen molar-refractivity contribution < 1.29 is 23.1 Å². The molecule has 0 radical (unpaired) electrons. The summed E-state index contributed by atoms with van der Waals surface area (Å²) in [5.74, 6) is -1.21. The average molecular weight is 284 g/mol. The molecule has 0 saturated heterocycles. The van der Waals surface area contributed by atoms with E-state index in [0.29, 0.717) is 16.8 Å². The summed E-state index contributed by atoms with van der Waals surface area (Å²) in [6.07, 6.45) is -4.34. The third-order valence-electron chi connectivity index (χ3n) is 2.91. The van der Waals surface area contributed by atoms with Crippen LogP contribution >= 0.6 is 0 Å². The van der Waals surface area contributed by atoms with Crippen LogP contribution in [-0.2, 0) is 12.6 Å². The highest BCUT2D eigenvalue weighted by molar-refractivity contribution is 5.87. The number of carboxylic acid groups (broad SMARTS) is 1. The topological polar surface area (TPSA) is 66.0 Å². The molecule has 2 N–H and O–H groups in total. The molecule has 0 atom stereocenters.